The number of hydrogen-bond acceptors (Lipinski definition) is 4. The molecule has 2 heterocycles. The first-order valence-electron chi connectivity index (χ1n) is 4.13. The van der Waals surface area contributed by atoms with Crippen LogP contribution >= 0.6 is 12.2 Å². The molecule has 2 aromatic rings. The van der Waals surface area contributed by atoms with Gasteiger partial charge in [-0.3, -0.25) is 9.67 Å². The van der Waals surface area contributed by atoms with Gasteiger partial charge in [0.15, 0.2) is 10.6 Å². The van der Waals surface area contributed by atoms with Crippen molar-refractivity contribution in [3.63, 3.8) is 0 Å². The maximum absolute atomic E-state index is 5.08. The Bertz CT molecular complexity index is 492. The van der Waals surface area contributed by atoms with Crippen LogP contribution in [-0.4, -0.2) is 29.5 Å². The maximum atomic E-state index is 5.08. The van der Waals surface area contributed by atoms with Crippen LogP contribution in [-0.2, 0) is 13.6 Å². The smallest absolute Gasteiger partial charge is 0.195 e. The van der Waals surface area contributed by atoms with Crippen molar-refractivity contribution in [1.29, 1.82) is 0 Å². The molecule has 6 nitrogen and oxygen atoms in total. The summed E-state index contributed by atoms with van der Waals surface area (Å²) in [4.78, 5) is 0. The van der Waals surface area contributed by atoms with Gasteiger partial charge in [-0.25, -0.2) is 0 Å². The third kappa shape index (κ3) is 1.46. The normalized spacial score (nSPS) is 10.7. The van der Waals surface area contributed by atoms with E-state index in [1.807, 2.05) is 23.1 Å². The summed E-state index contributed by atoms with van der Waals surface area (Å²) in [5.41, 5.74) is 0. The lowest BCUT2D eigenvalue weighted by Crippen LogP contribution is -2.07. The Balaban J connectivity index is 2.36. The van der Waals surface area contributed by atoms with E-state index in [4.69, 9.17) is 12.2 Å². The van der Waals surface area contributed by atoms with E-state index in [9.17, 15) is 0 Å². The highest BCUT2D eigenvalue weighted by Gasteiger charge is 2.05. The van der Waals surface area contributed by atoms with Gasteiger partial charge in [0.05, 0.1) is 6.54 Å². The number of hydrogen-bond donors (Lipinski definition) is 1. The Hall–Kier alpha value is -1.50. The molecule has 0 aromatic carbocycles. The molecular formula is C7H10N6S. The summed E-state index contributed by atoms with van der Waals surface area (Å²) in [6.45, 7) is 2.49. The summed E-state index contributed by atoms with van der Waals surface area (Å²) in [5, 5.41) is 14.5. The number of rotatable bonds is 2. The summed E-state index contributed by atoms with van der Waals surface area (Å²) in [6.07, 6.45) is 1.66. The molecule has 0 unspecified atom stereocenters. The predicted molar refractivity (Wildman–Crippen MR) is 52.3 cm³/mol. The summed E-state index contributed by atoms with van der Waals surface area (Å²) in [6, 6.07) is 0. The topological polar surface area (TPSA) is 64.3 Å². The van der Waals surface area contributed by atoms with Crippen LogP contribution in [0.25, 0.3) is 0 Å². The van der Waals surface area contributed by atoms with Crippen LogP contribution in [0.5, 0.6) is 0 Å². The van der Waals surface area contributed by atoms with Gasteiger partial charge in [0.25, 0.3) is 0 Å². The molecule has 0 saturated heterocycles. The fraction of sp³-hybridized carbons (Fsp3) is 0.429. The van der Waals surface area contributed by atoms with E-state index in [1.54, 1.807) is 6.33 Å². The highest BCUT2D eigenvalue weighted by atomic mass is 32.1. The lowest BCUT2D eigenvalue weighted by atomic mass is 10.5. The number of aryl methyl sites for hydroxylation is 2. The van der Waals surface area contributed by atoms with Crippen molar-refractivity contribution in [2.45, 2.75) is 13.5 Å². The van der Waals surface area contributed by atoms with Crippen LogP contribution in [0.3, 0.4) is 0 Å². The van der Waals surface area contributed by atoms with Gasteiger partial charge in [-0.15, -0.1) is 10.2 Å². The van der Waals surface area contributed by atoms with Gasteiger partial charge < -0.3 is 4.57 Å². The van der Waals surface area contributed by atoms with E-state index in [2.05, 4.69) is 20.4 Å². The molecule has 0 aliphatic carbocycles. The molecular weight excluding hydrogens is 200 g/mol. The summed E-state index contributed by atoms with van der Waals surface area (Å²) in [5.74, 6) is 1.70. The van der Waals surface area contributed by atoms with Gasteiger partial charge in [0.2, 0.25) is 0 Å². The van der Waals surface area contributed by atoms with E-state index in [1.165, 1.54) is 0 Å². The molecule has 2 aromatic heterocycles. The Morgan fingerprint density at radius 3 is 2.86 bits per heavy atom. The van der Waals surface area contributed by atoms with Crippen molar-refractivity contribution in [1.82, 2.24) is 29.5 Å². The second-order valence-corrected chi connectivity index (χ2v) is 3.41. The molecule has 14 heavy (non-hydrogen) atoms. The van der Waals surface area contributed by atoms with E-state index in [0.29, 0.717) is 11.3 Å². The largest absolute Gasteiger partial charge is 0.319 e. The minimum absolute atomic E-state index is 0.595. The van der Waals surface area contributed by atoms with Crippen LogP contribution in [0.4, 0.5) is 0 Å². The first kappa shape index (κ1) is 9.07. The molecule has 0 aliphatic heterocycles. The second kappa shape index (κ2) is 3.33. The van der Waals surface area contributed by atoms with Crippen LogP contribution < -0.4 is 0 Å². The molecule has 0 fully saturated rings. The highest BCUT2D eigenvalue weighted by Crippen LogP contribution is 2.01. The van der Waals surface area contributed by atoms with Gasteiger partial charge in [0, 0.05) is 7.05 Å². The van der Waals surface area contributed by atoms with Crippen molar-refractivity contribution in [2.24, 2.45) is 7.05 Å². The monoisotopic (exact) mass is 210 g/mol. The van der Waals surface area contributed by atoms with E-state index >= 15 is 0 Å². The summed E-state index contributed by atoms with van der Waals surface area (Å²) < 4.78 is 4.33. The fourth-order valence-corrected chi connectivity index (χ4v) is 1.42. The highest BCUT2D eigenvalue weighted by molar-refractivity contribution is 7.71. The third-order valence-electron chi connectivity index (χ3n) is 2.05. The molecule has 0 amide bonds. The average Bonchev–Trinajstić information content (AvgIpc) is 2.67. The summed E-state index contributed by atoms with van der Waals surface area (Å²) in [7, 11) is 1.90. The molecule has 1 N–H and O–H groups in total. The fourth-order valence-electron chi connectivity index (χ4n) is 1.17. The molecule has 0 aliphatic rings. The molecule has 7 heteroatoms. The molecule has 74 valence electrons. The van der Waals surface area contributed by atoms with E-state index in [0.717, 1.165) is 11.6 Å². The molecule has 2 rings (SSSR count). The quantitative estimate of drug-likeness (QED) is 0.730. The first-order valence-corrected chi connectivity index (χ1v) is 4.54. The van der Waals surface area contributed by atoms with Gasteiger partial charge in [-0.05, 0) is 19.1 Å². The maximum Gasteiger partial charge on any atom is 0.195 e. The number of H-pyrrole nitrogens is 1. The van der Waals surface area contributed by atoms with Crippen LogP contribution in [0.2, 0.25) is 0 Å². The average molecular weight is 210 g/mol. The van der Waals surface area contributed by atoms with E-state index in [-0.39, 0.29) is 0 Å². The predicted octanol–water partition coefficient (Wildman–Crippen LogP) is 0.426. The van der Waals surface area contributed by atoms with Crippen molar-refractivity contribution in [3.8, 4) is 0 Å². The van der Waals surface area contributed by atoms with Crippen LogP contribution in [0.15, 0.2) is 6.33 Å². The van der Waals surface area contributed by atoms with Crippen molar-refractivity contribution >= 4 is 12.2 Å². The van der Waals surface area contributed by atoms with Gasteiger partial charge >= 0.3 is 0 Å². The van der Waals surface area contributed by atoms with Crippen molar-refractivity contribution < 1.29 is 0 Å². The zero-order valence-electron chi connectivity index (χ0n) is 7.93. The van der Waals surface area contributed by atoms with Gasteiger partial charge in [-0.1, -0.05) is 0 Å². The first-order chi connectivity index (χ1) is 6.68. The number of aromatic amines is 1. The third-order valence-corrected chi connectivity index (χ3v) is 2.37. The lowest BCUT2D eigenvalue weighted by Gasteiger charge is -2.02. The number of nitrogens with one attached hydrogen (secondary N) is 1. The number of aromatic nitrogens is 6. The Labute approximate surface area is 85.6 Å². The number of nitrogens with zero attached hydrogens (tertiary/aromatic N) is 5. The van der Waals surface area contributed by atoms with Gasteiger partial charge in [-0.2, -0.15) is 5.10 Å². The Morgan fingerprint density at radius 1 is 1.57 bits per heavy atom. The Morgan fingerprint density at radius 2 is 2.36 bits per heavy atom. The molecule has 0 bridgehead atoms. The summed E-state index contributed by atoms with van der Waals surface area (Å²) >= 11 is 5.08. The molecule has 0 saturated carbocycles. The second-order valence-electron chi connectivity index (χ2n) is 3.02. The van der Waals surface area contributed by atoms with Crippen LogP contribution in [0, 0.1) is 11.7 Å². The van der Waals surface area contributed by atoms with Crippen molar-refractivity contribution in [3.05, 3.63) is 22.7 Å². The lowest BCUT2D eigenvalue weighted by molar-refractivity contribution is 0.672. The standard InChI is InChI=1S/C7H10N6S/c1-5-9-11-7(14)13(5)3-6-10-8-4-12(6)2/h4H,3H2,1-2H3,(H,11,14). The molecule has 0 atom stereocenters. The van der Waals surface area contributed by atoms with Crippen LogP contribution in [0.1, 0.15) is 11.6 Å². The zero-order chi connectivity index (χ0) is 10.1. The zero-order valence-corrected chi connectivity index (χ0v) is 8.75. The minimum Gasteiger partial charge on any atom is -0.319 e. The molecule has 0 spiro atoms. The van der Waals surface area contributed by atoms with E-state index < -0.39 is 0 Å². The van der Waals surface area contributed by atoms with Gasteiger partial charge in [0.1, 0.15) is 12.2 Å². The van der Waals surface area contributed by atoms with Crippen molar-refractivity contribution in [2.75, 3.05) is 0 Å². The Kier molecular flexibility index (Phi) is 2.16. The SMILES string of the molecule is Cc1n[nH]c(=S)n1Cc1nncn1C. The minimum atomic E-state index is 0.595. The molecule has 0 radical (unpaired) electrons.